The van der Waals surface area contributed by atoms with Crippen molar-refractivity contribution in [2.75, 3.05) is 17.6 Å². The molecule has 2 aromatic heterocycles. The van der Waals surface area contributed by atoms with Crippen LogP contribution in [0.1, 0.15) is 17.8 Å². The first-order valence-corrected chi connectivity index (χ1v) is 7.27. The van der Waals surface area contributed by atoms with Gasteiger partial charge in [0.05, 0.1) is 16.0 Å². The highest BCUT2D eigenvalue weighted by Crippen LogP contribution is 2.21. The van der Waals surface area contributed by atoms with Crippen LogP contribution in [0.3, 0.4) is 0 Å². The molecule has 1 unspecified atom stereocenters. The Morgan fingerprint density at radius 1 is 1.25 bits per heavy atom. The summed E-state index contributed by atoms with van der Waals surface area (Å²) in [6.45, 7) is 2.85. The van der Waals surface area contributed by atoms with E-state index in [-0.39, 0.29) is 0 Å². The number of nitrogens with zero attached hydrogens (tertiary/aromatic N) is 3. The maximum absolute atomic E-state index is 5.94. The Balaban J connectivity index is 1.79. The Kier molecular flexibility index (Phi) is 3.47. The molecular formula is C14H15N5S. The van der Waals surface area contributed by atoms with Crippen LogP contribution >= 0.6 is 11.3 Å². The van der Waals surface area contributed by atoms with Gasteiger partial charge in [-0.05, 0) is 12.1 Å². The zero-order valence-electron chi connectivity index (χ0n) is 11.1. The van der Waals surface area contributed by atoms with Crippen LogP contribution in [0.15, 0.2) is 35.8 Å². The van der Waals surface area contributed by atoms with Gasteiger partial charge in [0.2, 0.25) is 0 Å². The molecule has 0 spiro atoms. The lowest BCUT2D eigenvalue weighted by molar-refractivity contribution is 0.792. The van der Waals surface area contributed by atoms with E-state index < -0.39 is 0 Å². The standard InChI is InChI=1S/C14H15N5S/c1-9(14-16-6-7-20-14)8-17-13-12(15)18-10-4-2-3-5-11(10)19-13/h2-7,9H,8H2,1H3,(H2,15,18)(H,17,19). The number of thiazole rings is 1. The molecule has 0 aliphatic rings. The number of nitrogen functional groups attached to an aromatic ring is 1. The van der Waals surface area contributed by atoms with Gasteiger partial charge in [0.1, 0.15) is 0 Å². The first-order valence-electron chi connectivity index (χ1n) is 6.39. The highest BCUT2D eigenvalue weighted by atomic mass is 32.1. The summed E-state index contributed by atoms with van der Waals surface area (Å²) in [7, 11) is 0. The molecule has 0 amide bonds. The quantitative estimate of drug-likeness (QED) is 0.770. The molecule has 0 radical (unpaired) electrons. The van der Waals surface area contributed by atoms with Gasteiger partial charge in [-0.15, -0.1) is 11.3 Å². The second-order valence-electron chi connectivity index (χ2n) is 4.60. The molecule has 1 atom stereocenters. The monoisotopic (exact) mass is 285 g/mol. The molecule has 0 bridgehead atoms. The maximum Gasteiger partial charge on any atom is 0.169 e. The second kappa shape index (κ2) is 5.42. The lowest BCUT2D eigenvalue weighted by atomic mass is 10.2. The van der Waals surface area contributed by atoms with Crippen LogP contribution in [0.25, 0.3) is 11.0 Å². The van der Waals surface area contributed by atoms with E-state index in [0.29, 0.717) is 17.6 Å². The Labute approximate surface area is 120 Å². The number of nitrogens with two attached hydrogens (primary N) is 1. The van der Waals surface area contributed by atoms with Crippen molar-refractivity contribution in [3.63, 3.8) is 0 Å². The molecule has 102 valence electrons. The number of benzene rings is 1. The van der Waals surface area contributed by atoms with Crippen molar-refractivity contribution >= 4 is 34.0 Å². The summed E-state index contributed by atoms with van der Waals surface area (Å²) >= 11 is 1.65. The molecule has 0 aliphatic heterocycles. The van der Waals surface area contributed by atoms with E-state index in [1.807, 2.05) is 35.8 Å². The number of para-hydroxylation sites is 2. The summed E-state index contributed by atoms with van der Waals surface area (Å²) in [4.78, 5) is 13.2. The summed E-state index contributed by atoms with van der Waals surface area (Å²) in [5.41, 5.74) is 7.59. The van der Waals surface area contributed by atoms with Crippen LogP contribution in [-0.2, 0) is 0 Å². The number of hydrogen-bond donors (Lipinski definition) is 2. The van der Waals surface area contributed by atoms with E-state index in [2.05, 4.69) is 27.2 Å². The molecule has 3 N–H and O–H groups in total. The van der Waals surface area contributed by atoms with E-state index in [0.717, 1.165) is 22.6 Å². The molecule has 6 heteroatoms. The third-order valence-corrected chi connectivity index (χ3v) is 4.05. The van der Waals surface area contributed by atoms with Crippen LogP contribution in [0, 0.1) is 0 Å². The summed E-state index contributed by atoms with van der Waals surface area (Å²) in [5.74, 6) is 1.37. The zero-order chi connectivity index (χ0) is 13.9. The van der Waals surface area contributed by atoms with Crippen molar-refractivity contribution in [1.82, 2.24) is 15.0 Å². The molecule has 5 nitrogen and oxygen atoms in total. The number of nitrogens with one attached hydrogen (secondary N) is 1. The number of rotatable bonds is 4. The summed E-state index contributed by atoms with van der Waals surface area (Å²) < 4.78 is 0. The fourth-order valence-electron chi connectivity index (χ4n) is 1.96. The Hall–Kier alpha value is -2.21. The van der Waals surface area contributed by atoms with Crippen LogP contribution in [0.5, 0.6) is 0 Å². The summed E-state index contributed by atoms with van der Waals surface area (Å²) in [5, 5.41) is 6.35. The van der Waals surface area contributed by atoms with Gasteiger partial charge in [0.15, 0.2) is 11.6 Å². The Bertz CT molecular complexity index is 711. The number of fused-ring (bicyclic) bond motifs is 1. The van der Waals surface area contributed by atoms with Gasteiger partial charge >= 0.3 is 0 Å². The first kappa shape index (κ1) is 12.8. The molecule has 2 heterocycles. The largest absolute Gasteiger partial charge is 0.381 e. The molecule has 20 heavy (non-hydrogen) atoms. The van der Waals surface area contributed by atoms with Crippen LogP contribution in [0.4, 0.5) is 11.6 Å². The fourth-order valence-corrected chi connectivity index (χ4v) is 2.66. The predicted octanol–water partition coefficient (Wildman–Crippen LogP) is 2.88. The molecular weight excluding hydrogens is 270 g/mol. The number of aromatic nitrogens is 3. The first-order chi connectivity index (χ1) is 9.74. The Morgan fingerprint density at radius 2 is 2.00 bits per heavy atom. The van der Waals surface area contributed by atoms with E-state index >= 15 is 0 Å². The number of hydrogen-bond acceptors (Lipinski definition) is 6. The molecule has 3 aromatic rings. The van der Waals surface area contributed by atoms with Gasteiger partial charge in [-0.2, -0.15) is 0 Å². The third kappa shape index (κ3) is 2.55. The second-order valence-corrected chi connectivity index (χ2v) is 5.52. The highest BCUT2D eigenvalue weighted by Gasteiger charge is 2.10. The van der Waals surface area contributed by atoms with Crippen LogP contribution in [-0.4, -0.2) is 21.5 Å². The summed E-state index contributed by atoms with van der Waals surface area (Å²) in [6, 6.07) is 7.70. The van der Waals surface area contributed by atoms with Crippen molar-refractivity contribution in [1.29, 1.82) is 0 Å². The van der Waals surface area contributed by atoms with Crippen molar-refractivity contribution in [3.8, 4) is 0 Å². The van der Waals surface area contributed by atoms with Crippen molar-refractivity contribution in [3.05, 3.63) is 40.8 Å². The van der Waals surface area contributed by atoms with Gasteiger partial charge in [-0.25, -0.2) is 15.0 Å². The average molecular weight is 285 g/mol. The lowest BCUT2D eigenvalue weighted by Gasteiger charge is -2.12. The summed E-state index contributed by atoms with van der Waals surface area (Å²) in [6.07, 6.45) is 1.82. The molecule has 3 rings (SSSR count). The van der Waals surface area contributed by atoms with Crippen molar-refractivity contribution < 1.29 is 0 Å². The van der Waals surface area contributed by atoms with Crippen molar-refractivity contribution in [2.24, 2.45) is 0 Å². The van der Waals surface area contributed by atoms with Crippen LogP contribution in [0.2, 0.25) is 0 Å². The van der Waals surface area contributed by atoms with Gasteiger partial charge in [0, 0.05) is 24.0 Å². The third-order valence-electron chi connectivity index (χ3n) is 3.05. The van der Waals surface area contributed by atoms with Crippen molar-refractivity contribution in [2.45, 2.75) is 12.8 Å². The fraction of sp³-hybridized carbons (Fsp3) is 0.214. The SMILES string of the molecule is CC(CNc1nc2ccccc2nc1N)c1nccs1. The minimum Gasteiger partial charge on any atom is -0.381 e. The molecule has 1 aromatic carbocycles. The molecule has 0 aliphatic carbocycles. The van der Waals surface area contributed by atoms with E-state index in [4.69, 9.17) is 5.73 Å². The highest BCUT2D eigenvalue weighted by molar-refractivity contribution is 7.09. The topological polar surface area (TPSA) is 76.7 Å². The predicted molar refractivity (Wildman–Crippen MR) is 83.0 cm³/mol. The zero-order valence-corrected chi connectivity index (χ0v) is 11.9. The lowest BCUT2D eigenvalue weighted by Crippen LogP contribution is -2.13. The minimum atomic E-state index is 0.308. The molecule has 0 fully saturated rings. The normalized spacial score (nSPS) is 12.4. The average Bonchev–Trinajstić information content (AvgIpc) is 2.99. The van der Waals surface area contributed by atoms with Gasteiger partial charge < -0.3 is 11.1 Å². The van der Waals surface area contributed by atoms with E-state index in [1.54, 1.807) is 11.3 Å². The molecule has 0 saturated heterocycles. The number of anilines is 2. The van der Waals surface area contributed by atoms with E-state index in [1.165, 1.54) is 0 Å². The molecule has 0 saturated carbocycles. The van der Waals surface area contributed by atoms with E-state index in [9.17, 15) is 0 Å². The van der Waals surface area contributed by atoms with Gasteiger partial charge in [0.25, 0.3) is 0 Å². The minimum absolute atomic E-state index is 0.308. The smallest absolute Gasteiger partial charge is 0.169 e. The maximum atomic E-state index is 5.94. The van der Waals surface area contributed by atoms with Gasteiger partial charge in [-0.1, -0.05) is 19.1 Å². The van der Waals surface area contributed by atoms with Crippen LogP contribution < -0.4 is 11.1 Å². The van der Waals surface area contributed by atoms with Gasteiger partial charge in [-0.3, -0.25) is 0 Å². The Morgan fingerprint density at radius 3 is 2.70 bits per heavy atom.